The van der Waals surface area contributed by atoms with Crippen LogP contribution < -0.4 is 4.74 Å². The molecule has 3 heterocycles. The summed E-state index contributed by atoms with van der Waals surface area (Å²) < 4.78 is 7.56. The van der Waals surface area contributed by atoms with E-state index in [0.717, 1.165) is 47.6 Å². The molecule has 0 amide bonds. The Morgan fingerprint density at radius 1 is 1.21 bits per heavy atom. The summed E-state index contributed by atoms with van der Waals surface area (Å²) in [7, 11) is 1.99. The normalized spacial score (nSPS) is 12.9. The predicted molar refractivity (Wildman–Crippen MR) is 94.3 cm³/mol. The molecule has 0 saturated carbocycles. The molecule has 24 heavy (non-hydrogen) atoms. The number of fused-ring (bicyclic) bond motifs is 1. The summed E-state index contributed by atoms with van der Waals surface area (Å²) in [5.41, 5.74) is 3.52. The third-order valence-electron chi connectivity index (χ3n) is 4.10. The van der Waals surface area contributed by atoms with Crippen molar-refractivity contribution in [2.45, 2.75) is 18.0 Å². The van der Waals surface area contributed by atoms with E-state index in [1.54, 1.807) is 18.0 Å². The minimum Gasteiger partial charge on any atom is -0.493 e. The van der Waals surface area contributed by atoms with Crippen molar-refractivity contribution in [3.63, 3.8) is 0 Å². The monoisotopic (exact) mass is 338 g/mol. The quantitative estimate of drug-likeness (QED) is 0.669. The Labute approximate surface area is 145 Å². The van der Waals surface area contributed by atoms with Crippen LogP contribution in [0, 0.1) is 0 Å². The Morgan fingerprint density at radius 3 is 3.04 bits per heavy atom. The van der Waals surface area contributed by atoms with Gasteiger partial charge >= 0.3 is 0 Å². The molecule has 3 aromatic rings. The summed E-state index contributed by atoms with van der Waals surface area (Å²) in [5.74, 6) is 2.81. The SMILES string of the molecule is Cn1c(SCCc2ccc3c(c2)CCO3)nnc1-c1ccccn1. The van der Waals surface area contributed by atoms with Gasteiger partial charge in [0.05, 0.1) is 6.61 Å². The van der Waals surface area contributed by atoms with E-state index in [1.807, 2.05) is 29.8 Å². The van der Waals surface area contributed by atoms with Gasteiger partial charge in [-0.1, -0.05) is 30.0 Å². The van der Waals surface area contributed by atoms with Gasteiger partial charge in [0.25, 0.3) is 0 Å². The zero-order chi connectivity index (χ0) is 16.4. The van der Waals surface area contributed by atoms with E-state index in [1.165, 1.54) is 11.1 Å². The van der Waals surface area contributed by atoms with Crippen LogP contribution >= 0.6 is 11.8 Å². The van der Waals surface area contributed by atoms with E-state index >= 15 is 0 Å². The fraction of sp³-hybridized carbons (Fsp3) is 0.278. The highest BCUT2D eigenvalue weighted by atomic mass is 32.2. The second-order valence-corrected chi connectivity index (χ2v) is 6.78. The predicted octanol–water partition coefficient (Wildman–Crippen LogP) is 3.15. The van der Waals surface area contributed by atoms with Crippen LogP contribution in [0.4, 0.5) is 0 Å². The van der Waals surface area contributed by atoms with Gasteiger partial charge in [0.2, 0.25) is 0 Å². The molecule has 0 N–H and O–H groups in total. The van der Waals surface area contributed by atoms with Crippen LogP contribution in [0.2, 0.25) is 0 Å². The summed E-state index contributed by atoms with van der Waals surface area (Å²) in [6.07, 6.45) is 3.80. The second-order valence-electron chi connectivity index (χ2n) is 5.72. The van der Waals surface area contributed by atoms with Crippen molar-refractivity contribution in [3.8, 4) is 17.3 Å². The molecule has 1 aromatic carbocycles. The van der Waals surface area contributed by atoms with Crippen LogP contribution in [0.3, 0.4) is 0 Å². The second kappa shape index (κ2) is 6.65. The number of rotatable bonds is 5. The van der Waals surface area contributed by atoms with E-state index in [2.05, 4.69) is 33.4 Å². The average molecular weight is 338 g/mol. The molecule has 6 heteroatoms. The zero-order valence-corrected chi connectivity index (χ0v) is 14.3. The minimum atomic E-state index is 0.799. The number of hydrogen-bond donors (Lipinski definition) is 0. The van der Waals surface area contributed by atoms with E-state index in [-0.39, 0.29) is 0 Å². The van der Waals surface area contributed by atoms with Crippen molar-refractivity contribution >= 4 is 11.8 Å². The summed E-state index contributed by atoms with van der Waals surface area (Å²) in [6.45, 7) is 0.808. The molecule has 0 bridgehead atoms. The summed E-state index contributed by atoms with van der Waals surface area (Å²) in [5, 5.41) is 9.49. The number of aromatic nitrogens is 4. The Bertz CT molecular complexity index is 847. The van der Waals surface area contributed by atoms with E-state index < -0.39 is 0 Å². The van der Waals surface area contributed by atoms with E-state index in [4.69, 9.17) is 4.74 Å². The van der Waals surface area contributed by atoms with Crippen molar-refractivity contribution in [3.05, 3.63) is 53.7 Å². The summed E-state index contributed by atoms with van der Waals surface area (Å²) >= 11 is 1.72. The molecular formula is C18H18N4OS. The molecule has 0 saturated heterocycles. The first-order valence-corrected chi connectivity index (χ1v) is 8.98. The number of hydrogen-bond acceptors (Lipinski definition) is 5. The largest absolute Gasteiger partial charge is 0.493 e. The lowest BCUT2D eigenvalue weighted by atomic mass is 10.1. The summed E-state index contributed by atoms with van der Waals surface area (Å²) in [4.78, 5) is 4.34. The number of benzene rings is 1. The standard InChI is InChI=1S/C18H18N4OS/c1-22-17(15-4-2-3-9-19-15)20-21-18(22)24-11-8-13-5-6-16-14(12-13)7-10-23-16/h2-6,9,12H,7-8,10-11H2,1H3. The fourth-order valence-electron chi connectivity index (χ4n) is 2.81. The molecule has 1 aliphatic heterocycles. The summed E-state index contributed by atoms with van der Waals surface area (Å²) in [6, 6.07) is 12.3. The Morgan fingerprint density at radius 2 is 2.17 bits per heavy atom. The number of nitrogens with zero attached hydrogens (tertiary/aromatic N) is 4. The maximum atomic E-state index is 5.56. The Hall–Kier alpha value is -2.34. The topological polar surface area (TPSA) is 52.8 Å². The highest BCUT2D eigenvalue weighted by Crippen LogP contribution is 2.27. The molecule has 122 valence electrons. The lowest BCUT2D eigenvalue weighted by Crippen LogP contribution is -1.97. The van der Waals surface area contributed by atoms with E-state index in [9.17, 15) is 0 Å². The molecule has 0 radical (unpaired) electrons. The van der Waals surface area contributed by atoms with Gasteiger partial charge in [0.1, 0.15) is 11.4 Å². The minimum absolute atomic E-state index is 0.799. The Kier molecular flexibility index (Phi) is 4.21. The van der Waals surface area contributed by atoms with Gasteiger partial charge in [-0.25, -0.2) is 0 Å². The molecule has 0 aliphatic carbocycles. The smallest absolute Gasteiger partial charge is 0.191 e. The van der Waals surface area contributed by atoms with Gasteiger partial charge in [-0.05, 0) is 35.7 Å². The van der Waals surface area contributed by atoms with E-state index in [0.29, 0.717) is 0 Å². The first kappa shape index (κ1) is 15.2. The molecule has 1 aliphatic rings. The first-order valence-electron chi connectivity index (χ1n) is 7.99. The molecular weight excluding hydrogens is 320 g/mol. The number of pyridine rings is 1. The molecule has 5 nitrogen and oxygen atoms in total. The van der Waals surface area contributed by atoms with Gasteiger partial charge in [0.15, 0.2) is 11.0 Å². The Balaban J connectivity index is 1.41. The molecule has 0 spiro atoms. The van der Waals surface area contributed by atoms with Gasteiger partial charge in [-0.15, -0.1) is 10.2 Å². The first-order chi connectivity index (χ1) is 11.8. The highest BCUT2D eigenvalue weighted by molar-refractivity contribution is 7.99. The van der Waals surface area contributed by atoms with Crippen LogP contribution in [-0.2, 0) is 19.9 Å². The average Bonchev–Trinajstić information content (AvgIpc) is 3.22. The van der Waals surface area contributed by atoms with Crippen LogP contribution in [0.15, 0.2) is 47.8 Å². The third-order valence-corrected chi connectivity index (χ3v) is 5.13. The highest BCUT2D eigenvalue weighted by Gasteiger charge is 2.13. The van der Waals surface area contributed by atoms with Crippen molar-refractivity contribution in [1.82, 2.24) is 19.7 Å². The fourth-order valence-corrected chi connectivity index (χ4v) is 3.71. The van der Waals surface area contributed by atoms with Crippen LogP contribution in [-0.4, -0.2) is 32.1 Å². The third kappa shape index (κ3) is 3.01. The maximum absolute atomic E-state index is 5.56. The van der Waals surface area contributed by atoms with Gasteiger partial charge in [0, 0.05) is 25.4 Å². The molecule has 2 aromatic heterocycles. The number of aryl methyl sites for hydroxylation is 1. The van der Waals surface area contributed by atoms with Crippen molar-refractivity contribution < 1.29 is 4.74 Å². The molecule has 0 fully saturated rings. The van der Waals surface area contributed by atoms with Crippen molar-refractivity contribution in [2.75, 3.05) is 12.4 Å². The van der Waals surface area contributed by atoms with Gasteiger partial charge in [-0.3, -0.25) is 4.98 Å². The van der Waals surface area contributed by atoms with Crippen LogP contribution in [0.1, 0.15) is 11.1 Å². The molecule has 4 rings (SSSR count). The lowest BCUT2D eigenvalue weighted by molar-refractivity contribution is 0.357. The van der Waals surface area contributed by atoms with Gasteiger partial charge in [-0.2, -0.15) is 0 Å². The van der Waals surface area contributed by atoms with Gasteiger partial charge < -0.3 is 9.30 Å². The molecule has 0 unspecified atom stereocenters. The van der Waals surface area contributed by atoms with Crippen LogP contribution in [0.5, 0.6) is 5.75 Å². The van der Waals surface area contributed by atoms with Crippen molar-refractivity contribution in [2.24, 2.45) is 7.05 Å². The van der Waals surface area contributed by atoms with Crippen molar-refractivity contribution in [1.29, 1.82) is 0 Å². The zero-order valence-electron chi connectivity index (χ0n) is 13.5. The number of ether oxygens (including phenoxy) is 1. The molecule has 0 atom stereocenters. The lowest BCUT2D eigenvalue weighted by Gasteiger charge is -2.05. The van der Waals surface area contributed by atoms with Crippen LogP contribution in [0.25, 0.3) is 11.5 Å². The number of thioether (sulfide) groups is 1. The maximum Gasteiger partial charge on any atom is 0.191 e.